The van der Waals surface area contributed by atoms with E-state index < -0.39 is 11.5 Å². The molecule has 0 unspecified atom stereocenters. The molecule has 0 aliphatic carbocycles. The molecule has 2 aliphatic rings. The molecule has 0 aromatic carbocycles. The van der Waals surface area contributed by atoms with Gasteiger partial charge in [-0.15, -0.1) is 0 Å². The second-order valence-electron chi connectivity index (χ2n) is 7.36. The van der Waals surface area contributed by atoms with Crippen LogP contribution in [0, 0.1) is 0 Å². The molecule has 1 aromatic rings. The molecule has 3 heterocycles. The number of halogens is 3. The molecular formula is C17H22ClF2N5O2. The Labute approximate surface area is 160 Å². The van der Waals surface area contributed by atoms with Gasteiger partial charge in [-0.05, 0) is 26.0 Å². The van der Waals surface area contributed by atoms with Crippen molar-refractivity contribution >= 4 is 17.3 Å². The average Bonchev–Trinajstić information content (AvgIpc) is 2.51. The summed E-state index contributed by atoms with van der Waals surface area (Å²) in [5, 5.41) is 10.1. The van der Waals surface area contributed by atoms with Gasteiger partial charge in [0.25, 0.3) is 11.5 Å². The summed E-state index contributed by atoms with van der Waals surface area (Å²) in [6.45, 7) is 4.09. The van der Waals surface area contributed by atoms with Crippen molar-refractivity contribution in [2.45, 2.75) is 25.4 Å². The third-order valence-corrected chi connectivity index (χ3v) is 4.30. The van der Waals surface area contributed by atoms with Gasteiger partial charge in [0.15, 0.2) is 5.15 Å². The van der Waals surface area contributed by atoms with E-state index >= 15 is 0 Å². The highest BCUT2D eigenvalue weighted by molar-refractivity contribution is 6.29. The van der Waals surface area contributed by atoms with Gasteiger partial charge in [-0.2, -0.15) is 5.10 Å². The first-order chi connectivity index (χ1) is 12.5. The lowest BCUT2D eigenvalue weighted by atomic mass is 10.0. The minimum Gasteiger partial charge on any atom is -0.489 e. The number of hydrogen-bond donors (Lipinski definition) is 2. The zero-order chi connectivity index (χ0) is 19.8. The Balaban J connectivity index is 1.60. The second-order valence-corrected chi connectivity index (χ2v) is 7.75. The summed E-state index contributed by atoms with van der Waals surface area (Å²) in [4.78, 5) is 13.7. The van der Waals surface area contributed by atoms with Crippen molar-refractivity contribution in [3.8, 4) is 0 Å². The lowest BCUT2D eigenvalue weighted by Crippen LogP contribution is -2.59. The molecule has 10 heteroatoms. The first-order valence-electron chi connectivity index (χ1n) is 8.48. The molecule has 3 rings (SSSR count). The molecule has 27 heavy (non-hydrogen) atoms. The molecule has 7 nitrogen and oxygen atoms in total. The Morgan fingerprint density at radius 1 is 1.41 bits per heavy atom. The van der Waals surface area contributed by atoms with Crippen LogP contribution >= 0.6 is 11.6 Å². The van der Waals surface area contributed by atoms with Crippen LogP contribution in [0.25, 0.3) is 0 Å². The Hall–Kier alpha value is -2.13. The van der Waals surface area contributed by atoms with Crippen molar-refractivity contribution in [3.05, 3.63) is 45.3 Å². The van der Waals surface area contributed by atoms with E-state index in [0.29, 0.717) is 30.4 Å². The molecular weight excluding hydrogens is 380 g/mol. The molecule has 148 valence electrons. The third kappa shape index (κ3) is 4.98. The smallest absolute Gasteiger partial charge is 0.290 e. The van der Waals surface area contributed by atoms with Gasteiger partial charge < -0.3 is 15.4 Å². The number of rotatable bonds is 6. The number of ether oxygens (including phenoxy) is 1. The number of hydrogen-bond acceptors (Lipinski definition) is 6. The number of alkyl halides is 2. The summed E-state index contributed by atoms with van der Waals surface area (Å²) in [6, 6.07) is 1.45. The van der Waals surface area contributed by atoms with Gasteiger partial charge in [0.1, 0.15) is 22.9 Å². The van der Waals surface area contributed by atoms with E-state index in [9.17, 15) is 13.6 Å². The van der Waals surface area contributed by atoms with Gasteiger partial charge in [-0.25, -0.2) is 13.5 Å². The predicted octanol–water partition coefficient (Wildman–Crippen LogP) is 1.92. The molecule has 0 saturated carbocycles. The normalized spacial score (nSPS) is 19.5. The van der Waals surface area contributed by atoms with E-state index in [2.05, 4.69) is 15.7 Å². The third-order valence-electron chi connectivity index (χ3n) is 4.11. The molecule has 0 amide bonds. The molecule has 1 saturated heterocycles. The van der Waals surface area contributed by atoms with Crippen LogP contribution in [0.2, 0.25) is 5.15 Å². The molecule has 0 bridgehead atoms. The highest BCUT2D eigenvalue weighted by atomic mass is 35.5. The van der Waals surface area contributed by atoms with Crippen molar-refractivity contribution in [2.24, 2.45) is 7.05 Å². The number of nitrogens with one attached hydrogen (secondary N) is 2. The number of nitrogens with zero attached hydrogens (tertiary/aromatic N) is 3. The monoisotopic (exact) mass is 401 g/mol. The van der Waals surface area contributed by atoms with E-state index in [1.165, 1.54) is 13.1 Å². The highest BCUT2D eigenvalue weighted by Crippen LogP contribution is 2.29. The molecule has 0 atom stereocenters. The van der Waals surface area contributed by atoms with E-state index in [-0.39, 0.29) is 23.8 Å². The highest BCUT2D eigenvalue weighted by Gasteiger charge is 2.45. The van der Waals surface area contributed by atoms with Crippen LogP contribution < -0.4 is 16.2 Å². The number of dihydropyridines is 1. The number of aryl methyl sites for hydroxylation is 1. The molecule has 0 radical (unpaired) electrons. The largest absolute Gasteiger partial charge is 0.489 e. The van der Waals surface area contributed by atoms with E-state index in [1.807, 2.05) is 13.8 Å². The maximum atomic E-state index is 13.0. The topological polar surface area (TPSA) is 71.4 Å². The number of aromatic nitrogens is 2. The van der Waals surface area contributed by atoms with Crippen molar-refractivity contribution in [3.63, 3.8) is 0 Å². The Morgan fingerprint density at radius 2 is 2.11 bits per heavy atom. The van der Waals surface area contributed by atoms with Gasteiger partial charge in [-0.1, -0.05) is 11.6 Å². The molecule has 1 fully saturated rings. The number of anilines is 1. The van der Waals surface area contributed by atoms with Crippen molar-refractivity contribution < 1.29 is 13.5 Å². The maximum Gasteiger partial charge on any atom is 0.290 e. The van der Waals surface area contributed by atoms with Crippen LogP contribution in [0.3, 0.4) is 0 Å². The minimum absolute atomic E-state index is 0.203. The average molecular weight is 402 g/mol. The van der Waals surface area contributed by atoms with Crippen molar-refractivity contribution in [1.82, 2.24) is 20.0 Å². The van der Waals surface area contributed by atoms with E-state index in [1.54, 1.807) is 17.1 Å². The van der Waals surface area contributed by atoms with Crippen LogP contribution in [0.5, 0.6) is 0 Å². The van der Waals surface area contributed by atoms with Crippen LogP contribution in [-0.2, 0) is 11.8 Å². The number of likely N-dealkylation sites (tertiary alicyclic amines) is 1. The summed E-state index contributed by atoms with van der Waals surface area (Å²) in [5.41, 5.74) is -0.606. The Morgan fingerprint density at radius 3 is 2.70 bits per heavy atom. The van der Waals surface area contributed by atoms with Crippen molar-refractivity contribution in [2.75, 3.05) is 31.5 Å². The van der Waals surface area contributed by atoms with Gasteiger partial charge in [0.05, 0.1) is 19.6 Å². The fourth-order valence-corrected chi connectivity index (χ4v) is 3.31. The molecule has 2 aliphatic heterocycles. The molecule has 1 aromatic heterocycles. The first-order valence-corrected chi connectivity index (χ1v) is 8.86. The van der Waals surface area contributed by atoms with Crippen LogP contribution in [0.4, 0.5) is 14.5 Å². The zero-order valence-electron chi connectivity index (χ0n) is 15.4. The molecule has 0 spiro atoms. The fraction of sp³-hybridized carbons (Fsp3) is 0.529. The molecule has 2 N–H and O–H groups in total. The summed E-state index contributed by atoms with van der Waals surface area (Å²) in [7, 11) is 1.52. The summed E-state index contributed by atoms with van der Waals surface area (Å²) in [5.74, 6) is -1.29. The SMILES string of the molecule is Cn1nc(Cl)cc(NC2=CC=C(OC(C)(C)CN3CC(F)(F)C3)CN2)c1=O. The van der Waals surface area contributed by atoms with E-state index in [4.69, 9.17) is 16.3 Å². The van der Waals surface area contributed by atoms with Crippen molar-refractivity contribution in [1.29, 1.82) is 0 Å². The quantitative estimate of drug-likeness (QED) is 0.759. The predicted molar refractivity (Wildman–Crippen MR) is 98.8 cm³/mol. The lowest BCUT2D eigenvalue weighted by molar-refractivity contribution is -0.149. The summed E-state index contributed by atoms with van der Waals surface area (Å²) < 4.78 is 33.0. The van der Waals surface area contributed by atoms with E-state index in [0.717, 1.165) is 4.68 Å². The maximum absolute atomic E-state index is 13.0. The standard InChI is InChI=1S/C17H22ClF2N5O2/c1-16(2,8-25-9-17(19,20)10-25)27-11-4-5-14(21-7-11)22-12-6-13(18)23-24(3)15(12)26/h4-6,21-22H,7-10H2,1-3H3. The van der Waals surface area contributed by atoms with Crippen LogP contribution in [-0.4, -0.2) is 52.4 Å². The van der Waals surface area contributed by atoms with Gasteiger partial charge in [0, 0.05) is 19.7 Å². The second kappa shape index (κ2) is 7.12. The summed E-state index contributed by atoms with van der Waals surface area (Å²) in [6.07, 6.45) is 3.51. The number of allylic oxidation sites excluding steroid dienone is 2. The van der Waals surface area contributed by atoms with Gasteiger partial charge in [0.2, 0.25) is 0 Å². The lowest BCUT2D eigenvalue weighted by Gasteiger charge is -2.43. The Kier molecular flexibility index (Phi) is 5.18. The van der Waals surface area contributed by atoms with Crippen LogP contribution in [0.1, 0.15) is 13.8 Å². The van der Waals surface area contributed by atoms with Gasteiger partial charge >= 0.3 is 0 Å². The Bertz CT molecular complexity index is 842. The first kappa shape index (κ1) is 19.6. The zero-order valence-corrected chi connectivity index (χ0v) is 16.1. The minimum atomic E-state index is -2.59. The van der Waals surface area contributed by atoms with Gasteiger partial charge in [-0.3, -0.25) is 9.69 Å². The van der Waals surface area contributed by atoms with Crippen LogP contribution in [0.15, 0.2) is 34.6 Å². The fourth-order valence-electron chi connectivity index (χ4n) is 3.09. The summed E-state index contributed by atoms with van der Waals surface area (Å²) >= 11 is 5.88.